The summed E-state index contributed by atoms with van der Waals surface area (Å²) in [4.78, 5) is 27.5. The molecule has 0 bridgehead atoms. The van der Waals surface area contributed by atoms with Gasteiger partial charge in [0.2, 0.25) is 11.8 Å². The van der Waals surface area contributed by atoms with Gasteiger partial charge in [-0.15, -0.1) is 11.3 Å². The van der Waals surface area contributed by atoms with E-state index in [1.165, 1.54) is 6.92 Å². The van der Waals surface area contributed by atoms with Crippen molar-refractivity contribution in [3.8, 4) is 0 Å². The number of hydrogen-bond donors (Lipinski definition) is 2. The molecule has 0 saturated carbocycles. The summed E-state index contributed by atoms with van der Waals surface area (Å²) < 4.78 is 6.56. The molecule has 1 aromatic heterocycles. The van der Waals surface area contributed by atoms with Crippen LogP contribution in [0.4, 0.5) is 5.69 Å². The quantitative estimate of drug-likeness (QED) is 0.671. The van der Waals surface area contributed by atoms with Crippen LogP contribution in [0.25, 0.3) is 10.2 Å². The number of ether oxygens (including phenoxy) is 1. The van der Waals surface area contributed by atoms with Gasteiger partial charge in [-0.25, -0.2) is 4.98 Å². The number of carbonyl (C=O) groups is 2. The third kappa shape index (κ3) is 5.11. The molecule has 2 N–H and O–H groups in total. The van der Waals surface area contributed by atoms with E-state index in [0.29, 0.717) is 18.8 Å². The molecule has 0 spiro atoms. The lowest BCUT2D eigenvalue weighted by Crippen LogP contribution is -2.27. The Kier molecular flexibility index (Phi) is 5.93. The average molecular weight is 369 g/mol. The second-order valence-corrected chi connectivity index (χ2v) is 6.84. The molecule has 0 atom stereocenters. The van der Waals surface area contributed by atoms with Gasteiger partial charge in [0, 0.05) is 19.2 Å². The lowest BCUT2D eigenvalue weighted by atomic mass is 10.2. The fourth-order valence-corrected chi connectivity index (χ4v) is 3.33. The topological polar surface area (TPSA) is 80.3 Å². The van der Waals surface area contributed by atoms with Gasteiger partial charge in [0.05, 0.1) is 16.8 Å². The molecule has 0 saturated heterocycles. The van der Waals surface area contributed by atoms with Crippen molar-refractivity contribution in [3.05, 3.63) is 59.1 Å². The third-order valence-electron chi connectivity index (χ3n) is 3.53. The number of aromatic nitrogens is 1. The van der Waals surface area contributed by atoms with Crippen molar-refractivity contribution in [2.24, 2.45) is 0 Å². The molecular weight excluding hydrogens is 350 g/mol. The Morgan fingerprint density at radius 1 is 1.15 bits per heavy atom. The molecule has 0 unspecified atom stereocenters. The number of rotatable bonds is 7. The molecule has 134 valence electrons. The normalized spacial score (nSPS) is 10.7. The highest BCUT2D eigenvalue weighted by atomic mass is 32.1. The molecular formula is C19H19N3O3S. The van der Waals surface area contributed by atoms with Crippen LogP contribution < -0.4 is 10.6 Å². The Labute approximate surface area is 155 Å². The molecule has 26 heavy (non-hydrogen) atoms. The molecule has 0 aliphatic rings. The van der Waals surface area contributed by atoms with Crippen molar-refractivity contribution in [1.29, 1.82) is 0 Å². The Hall–Kier alpha value is -2.77. The van der Waals surface area contributed by atoms with Crippen LogP contribution in [0, 0.1) is 0 Å². The van der Waals surface area contributed by atoms with E-state index in [4.69, 9.17) is 4.74 Å². The van der Waals surface area contributed by atoms with Crippen LogP contribution in [0.5, 0.6) is 0 Å². The Bertz CT molecular complexity index is 890. The van der Waals surface area contributed by atoms with E-state index in [2.05, 4.69) is 15.6 Å². The number of para-hydroxylation sites is 1. The van der Waals surface area contributed by atoms with Gasteiger partial charge in [0.15, 0.2) is 0 Å². The van der Waals surface area contributed by atoms with E-state index in [-0.39, 0.29) is 18.4 Å². The van der Waals surface area contributed by atoms with E-state index in [1.54, 1.807) is 17.4 Å². The zero-order chi connectivity index (χ0) is 18.4. The molecule has 2 aromatic carbocycles. The molecule has 0 aliphatic carbocycles. The van der Waals surface area contributed by atoms with Crippen molar-refractivity contribution < 1.29 is 14.3 Å². The molecule has 0 aliphatic heterocycles. The van der Waals surface area contributed by atoms with Gasteiger partial charge >= 0.3 is 0 Å². The second kappa shape index (κ2) is 8.55. The summed E-state index contributed by atoms with van der Waals surface area (Å²) in [5.41, 5.74) is 2.55. The van der Waals surface area contributed by atoms with Crippen LogP contribution in [0.1, 0.15) is 17.5 Å². The van der Waals surface area contributed by atoms with Crippen molar-refractivity contribution in [1.82, 2.24) is 10.3 Å². The number of anilines is 1. The first kappa shape index (κ1) is 18.0. The number of thiazole rings is 1. The molecule has 3 rings (SSSR count). The molecule has 0 fully saturated rings. The highest BCUT2D eigenvalue weighted by Crippen LogP contribution is 2.21. The maximum absolute atomic E-state index is 11.9. The van der Waals surface area contributed by atoms with Crippen LogP contribution >= 0.6 is 11.3 Å². The SMILES string of the molecule is CC(=O)Nc1cccc(CNC(=O)COCc2nc3ccccc3s2)c1. The van der Waals surface area contributed by atoms with Crippen LogP contribution in [0.2, 0.25) is 0 Å². The monoisotopic (exact) mass is 369 g/mol. The first-order valence-electron chi connectivity index (χ1n) is 8.15. The van der Waals surface area contributed by atoms with E-state index in [9.17, 15) is 9.59 Å². The fraction of sp³-hybridized carbons (Fsp3) is 0.211. The van der Waals surface area contributed by atoms with Crippen LogP contribution in [0.15, 0.2) is 48.5 Å². The zero-order valence-corrected chi connectivity index (χ0v) is 15.1. The van der Waals surface area contributed by atoms with Gasteiger partial charge in [0.1, 0.15) is 11.6 Å². The second-order valence-electron chi connectivity index (χ2n) is 5.73. The van der Waals surface area contributed by atoms with Crippen molar-refractivity contribution in [2.75, 3.05) is 11.9 Å². The minimum atomic E-state index is -0.198. The number of carbonyl (C=O) groups excluding carboxylic acids is 2. The zero-order valence-electron chi connectivity index (χ0n) is 14.3. The van der Waals surface area contributed by atoms with Crippen molar-refractivity contribution in [3.63, 3.8) is 0 Å². The number of amides is 2. The first-order chi connectivity index (χ1) is 12.6. The first-order valence-corrected chi connectivity index (χ1v) is 8.97. The maximum atomic E-state index is 11.9. The number of fused-ring (bicyclic) bond motifs is 1. The molecule has 1 heterocycles. The van der Waals surface area contributed by atoms with Crippen molar-refractivity contribution in [2.45, 2.75) is 20.1 Å². The Balaban J connectivity index is 1.43. The maximum Gasteiger partial charge on any atom is 0.246 e. The van der Waals surface area contributed by atoms with Crippen molar-refractivity contribution >= 4 is 39.1 Å². The predicted molar refractivity (Wildman–Crippen MR) is 102 cm³/mol. The molecule has 2 amide bonds. The number of hydrogen-bond acceptors (Lipinski definition) is 5. The summed E-state index contributed by atoms with van der Waals surface area (Å²) in [6.45, 7) is 2.11. The van der Waals surface area contributed by atoms with E-state index in [0.717, 1.165) is 20.8 Å². The van der Waals surface area contributed by atoms with Crippen LogP contribution in [0.3, 0.4) is 0 Å². The van der Waals surface area contributed by atoms with Gasteiger partial charge in [-0.05, 0) is 29.8 Å². The minimum Gasteiger partial charge on any atom is -0.364 e. The smallest absolute Gasteiger partial charge is 0.246 e. The van der Waals surface area contributed by atoms with Gasteiger partial charge in [-0.3, -0.25) is 9.59 Å². The summed E-state index contributed by atoms with van der Waals surface area (Å²) in [6, 6.07) is 15.2. The lowest BCUT2D eigenvalue weighted by molar-refractivity contribution is -0.126. The molecule has 0 radical (unpaired) electrons. The average Bonchev–Trinajstić information content (AvgIpc) is 3.02. The summed E-state index contributed by atoms with van der Waals surface area (Å²) in [5.74, 6) is -0.328. The standard InChI is InChI=1S/C19H19N3O3S/c1-13(23)21-15-6-4-5-14(9-15)10-20-18(24)11-25-12-19-22-16-7-2-3-8-17(16)26-19/h2-9H,10-12H2,1H3,(H,20,24)(H,21,23). The third-order valence-corrected chi connectivity index (χ3v) is 4.54. The number of nitrogens with one attached hydrogen (secondary N) is 2. The Morgan fingerprint density at radius 2 is 2.00 bits per heavy atom. The Morgan fingerprint density at radius 3 is 2.81 bits per heavy atom. The summed E-state index contributed by atoms with van der Waals surface area (Å²) in [5, 5.41) is 6.36. The fourth-order valence-electron chi connectivity index (χ4n) is 2.43. The number of nitrogens with zero attached hydrogens (tertiary/aromatic N) is 1. The van der Waals surface area contributed by atoms with E-state index >= 15 is 0 Å². The molecule has 3 aromatic rings. The predicted octanol–water partition coefficient (Wildman–Crippen LogP) is 3.09. The largest absolute Gasteiger partial charge is 0.364 e. The molecule has 6 nitrogen and oxygen atoms in total. The number of benzene rings is 2. The lowest BCUT2D eigenvalue weighted by Gasteiger charge is -2.08. The van der Waals surface area contributed by atoms with Gasteiger partial charge in [0.25, 0.3) is 0 Å². The van der Waals surface area contributed by atoms with Crippen LogP contribution in [-0.4, -0.2) is 23.4 Å². The van der Waals surface area contributed by atoms with Gasteiger partial charge < -0.3 is 15.4 Å². The van der Waals surface area contributed by atoms with Gasteiger partial charge in [-0.2, -0.15) is 0 Å². The van der Waals surface area contributed by atoms with Gasteiger partial charge in [-0.1, -0.05) is 24.3 Å². The summed E-state index contributed by atoms with van der Waals surface area (Å²) >= 11 is 1.56. The van der Waals surface area contributed by atoms with Crippen LogP contribution in [-0.2, 0) is 27.5 Å². The highest BCUT2D eigenvalue weighted by molar-refractivity contribution is 7.18. The molecule has 7 heteroatoms. The summed E-state index contributed by atoms with van der Waals surface area (Å²) in [7, 11) is 0. The summed E-state index contributed by atoms with van der Waals surface area (Å²) in [6.07, 6.45) is 0. The van der Waals surface area contributed by atoms with E-state index in [1.807, 2.05) is 42.5 Å². The highest BCUT2D eigenvalue weighted by Gasteiger charge is 2.06. The van der Waals surface area contributed by atoms with E-state index < -0.39 is 0 Å². The minimum absolute atomic E-state index is 0.0265.